The van der Waals surface area contributed by atoms with Crippen molar-refractivity contribution in [3.8, 4) is 11.6 Å². The van der Waals surface area contributed by atoms with Crippen LogP contribution < -0.4 is 10.5 Å². The predicted molar refractivity (Wildman–Crippen MR) is 74.2 cm³/mol. The molecular weight excluding hydrogens is 331 g/mol. The molecule has 5 nitrogen and oxygen atoms in total. The first-order valence-corrected chi connectivity index (χ1v) is 6.27. The van der Waals surface area contributed by atoms with Gasteiger partial charge in [-0.2, -0.15) is 0 Å². The molecule has 0 fully saturated rings. The molecule has 1 aromatic heterocycles. The Hall–Kier alpha value is -2.15. The van der Waals surface area contributed by atoms with Gasteiger partial charge in [-0.15, -0.1) is 0 Å². The van der Waals surface area contributed by atoms with Gasteiger partial charge in [0, 0.05) is 6.07 Å². The maximum Gasteiger partial charge on any atom is 0.340 e. The topological polar surface area (TPSA) is 74.4 Å². The minimum Gasteiger partial charge on any atom is -0.465 e. The molecule has 7 heteroatoms. The zero-order valence-corrected chi connectivity index (χ0v) is 12.0. The van der Waals surface area contributed by atoms with Crippen LogP contribution in [0.15, 0.2) is 34.9 Å². The van der Waals surface area contributed by atoms with Gasteiger partial charge in [0.1, 0.15) is 11.6 Å². The van der Waals surface area contributed by atoms with Gasteiger partial charge in [-0.05, 0) is 34.1 Å². The lowest BCUT2D eigenvalue weighted by Gasteiger charge is -2.08. The number of ether oxygens (including phenoxy) is 2. The van der Waals surface area contributed by atoms with E-state index in [1.54, 1.807) is 0 Å². The third-order valence-electron chi connectivity index (χ3n) is 2.43. The molecule has 104 valence electrons. The van der Waals surface area contributed by atoms with Crippen LogP contribution in [0.25, 0.3) is 0 Å². The number of nitrogen functional groups attached to an aromatic ring is 1. The highest BCUT2D eigenvalue weighted by Gasteiger charge is 2.13. The smallest absolute Gasteiger partial charge is 0.340 e. The second kappa shape index (κ2) is 5.87. The van der Waals surface area contributed by atoms with Crippen molar-refractivity contribution in [3.05, 3.63) is 46.3 Å². The number of methoxy groups -OCH3 is 1. The Kier molecular flexibility index (Phi) is 4.19. The van der Waals surface area contributed by atoms with Crippen LogP contribution in [0.2, 0.25) is 0 Å². The van der Waals surface area contributed by atoms with Gasteiger partial charge < -0.3 is 15.2 Å². The highest BCUT2D eigenvalue weighted by molar-refractivity contribution is 9.10. The van der Waals surface area contributed by atoms with Crippen molar-refractivity contribution in [2.75, 3.05) is 12.8 Å². The van der Waals surface area contributed by atoms with Gasteiger partial charge >= 0.3 is 5.97 Å². The number of anilines is 1. The van der Waals surface area contributed by atoms with Crippen molar-refractivity contribution < 1.29 is 18.7 Å². The lowest BCUT2D eigenvalue weighted by atomic mass is 10.2. The molecule has 0 aliphatic rings. The molecule has 0 aliphatic carbocycles. The number of aromatic nitrogens is 1. The van der Waals surface area contributed by atoms with E-state index in [9.17, 15) is 9.18 Å². The Morgan fingerprint density at radius 1 is 1.40 bits per heavy atom. The van der Waals surface area contributed by atoms with E-state index >= 15 is 0 Å². The fraction of sp³-hybridized carbons (Fsp3) is 0.0769. The van der Waals surface area contributed by atoms with Crippen LogP contribution >= 0.6 is 15.9 Å². The highest BCUT2D eigenvalue weighted by atomic mass is 79.9. The van der Waals surface area contributed by atoms with Gasteiger partial charge in [0.2, 0.25) is 5.88 Å². The van der Waals surface area contributed by atoms with Crippen molar-refractivity contribution in [2.24, 2.45) is 0 Å². The number of hydrogen-bond donors (Lipinski definition) is 1. The van der Waals surface area contributed by atoms with Gasteiger partial charge in [0.15, 0.2) is 0 Å². The van der Waals surface area contributed by atoms with Crippen LogP contribution in [0, 0.1) is 5.82 Å². The first kappa shape index (κ1) is 14.3. The normalized spacial score (nSPS) is 10.2. The fourth-order valence-corrected chi connectivity index (χ4v) is 1.81. The SMILES string of the molecule is COC(=O)c1cc(Oc2ccc(F)c(Br)c2)ncc1N. The van der Waals surface area contributed by atoms with E-state index in [2.05, 4.69) is 25.7 Å². The highest BCUT2D eigenvalue weighted by Crippen LogP contribution is 2.26. The molecule has 0 aliphatic heterocycles. The Labute approximate surface area is 122 Å². The summed E-state index contributed by atoms with van der Waals surface area (Å²) in [6.45, 7) is 0. The molecular formula is C13H10BrFN2O3. The van der Waals surface area contributed by atoms with Crippen LogP contribution in [-0.2, 0) is 4.74 Å². The first-order valence-electron chi connectivity index (χ1n) is 5.48. The number of nitrogens with zero attached hydrogens (tertiary/aromatic N) is 1. The number of pyridine rings is 1. The van der Waals surface area contributed by atoms with Crippen molar-refractivity contribution in [3.63, 3.8) is 0 Å². The van der Waals surface area contributed by atoms with Gasteiger partial charge in [0.25, 0.3) is 0 Å². The van der Waals surface area contributed by atoms with Crippen molar-refractivity contribution in [1.82, 2.24) is 4.98 Å². The zero-order chi connectivity index (χ0) is 14.7. The Morgan fingerprint density at radius 2 is 2.15 bits per heavy atom. The van der Waals surface area contributed by atoms with E-state index in [-0.39, 0.29) is 21.6 Å². The number of hydrogen-bond acceptors (Lipinski definition) is 5. The second-order valence-corrected chi connectivity index (χ2v) is 4.63. The lowest BCUT2D eigenvalue weighted by molar-refractivity contribution is 0.0601. The molecule has 0 saturated carbocycles. The Bertz CT molecular complexity index is 664. The van der Waals surface area contributed by atoms with Crippen LogP contribution in [0.4, 0.5) is 10.1 Å². The standard InChI is InChI=1S/C13H10BrFN2O3/c1-19-13(18)8-5-12(17-6-11(8)16)20-7-2-3-10(15)9(14)4-7/h2-6H,16H2,1H3. The largest absolute Gasteiger partial charge is 0.465 e. The zero-order valence-electron chi connectivity index (χ0n) is 10.4. The molecule has 0 radical (unpaired) electrons. The van der Waals surface area contributed by atoms with E-state index in [1.165, 1.54) is 37.6 Å². The summed E-state index contributed by atoms with van der Waals surface area (Å²) in [5.41, 5.74) is 5.96. The fourth-order valence-electron chi connectivity index (χ4n) is 1.45. The number of halogens is 2. The molecule has 2 rings (SSSR count). The summed E-state index contributed by atoms with van der Waals surface area (Å²) in [4.78, 5) is 15.4. The average molecular weight is 341 g/mol. The molecule has 0 atom stereocenters. The molecule has 0 amide bonds. The summed E-state index contributed by atoms with van der Waals surface area (Å²) in [5, 5.41) is 0. The number of esters is 1. The number of benzene rings is 1. The number of carbonyl (C=O) groups is 1. The van der Waals surface area contributed by atoms with Gasteiger partial charge in [-0.25, -0.2) is 14.2 Å². The summed E-state index contributed by atoms with van der Waals surface area (Å²) in [5.74, 6) is -0.475. The van der Waals surface area contributed by atoms with Gasteiger partial charge in [-0.3, -0.25) is 0 Å². The van der Waals surface area contributed by atoms with E-state index < -0.39 is 11.8 Å². The minimum atomic E-state index is -0.588. The van der Waals surface area contributed by atoms with Crippen LogP contribution in [-0.4, -0.2) is 18.1 Å². The van der Waals surface area contributed by atoms with Crippen molar-refractivity contribution >= 4 is 27.6 Å². The average Bonchev–Trinajstić information content (AvgIpc) is 2.44. The third kappa shape index (κ3) is 3.05. The molecule has 0 unspecified atom stereocenters. The van der Waals surface area contributed by atoms with Crippen LogP contribution in [0.3, 0.4) is 0 Å². The summed E-state index contributed by atoms with van der Waals surface area (Å²) < 4.78 is 23.4. The summed E-state index contributed by atoms with van der Waals surface area (Å²) in [7, 11) is 1.25. The molecule has 0 bridgehead atoms. The monoisotopic (exact) mass is 340 g/mol. The van der Waals surface area contributed by atoms with Crippen molar-refractivity contribution in [1.29, 1.82) is 0 Å². The van der Waals surface area contributed by atoms with Crippen LogP contribution in [0.1, 0.15) is 10.4 Å². The minimum absolute atomic E-state index is 0.151. The number of nitrogens with two attached hydrogens (primary N) is 1. The molecule has 1 heterocycles. The molecule has 20 heavy (non-hydrogen) atoms. The third-order valence-corrected chi connectivity index (χ3v) is 3.04. The number of rotatable bonds is 3. The predicted octanol–water partition coefficient (Wildman–Crippen LogP) is 3.14. The van der Waals surface area contributed by atoms with E-state index in [0.29, 0.717) is 5.75 Å². The van der Waals surface area contributed by atoms with E-state index in [4.69, 9.17) is 10.5 Å². The first-order chi connectivity index (χ1) is 9.51. The maximum absolute atomic E-state index is 13.1. The molecule has 0 spiro atoms. The van der Waals surface area contributed by atoms with Gasteiger partial charge in [-0.1, -0.05) is 0 Å². The second-order valence-electron chi connectivity index (χ2n) is 3.78. The molecule has 2 N–H and O–H groups in total. The summed E-state index contributed by atoms with van der Waals surface area (Å²) in [6.07, 6.45) is 1.29. The Balaban J connectivity index is 2.29. The quantitative estimate of drug-likeness (QED) is 0.868. The molecule has 1 aromatic carbocycles. The lowest BCUT2D eigenvalue weighted by Crippen LogP contribution is -2.06. The maximum atomic E-state index is 13.1. The summed E-state index contributed by atoms with van der Waals surface area (Å²) in [6, 6.07) is 5.50. The Morgan fingerprint density at radius 3 is 2.80 bits per heavy atom. The molecule has 2 aromatic rings. The number of carbonyl (C=O) groups excluding carboxylic acids is 1. The van der Waals surface area contributed by atoms with Crippen molar-refractivity contribution in [2.45, 2.75) is 0 Å². The van der Waals surface area contributed by atoms with Crippen LogP contribution in [0.5, 0.6) is 11.6 Å². The summed E-state index contributed by atoms with van der Waals surface area (Å²) >= 11 is 3.05. The van der Waals surface area contributed by atoms with E-state index in [0.717, 1.165) is 0 Å². The van der Waals surface area contributed by atoms with Gasteiger partial charge in [0.05, 0.1) is 29.0 Å². The molecule has 0 saturated heterocycles. The van der Waals surface area contributed by atoms with E-state index in [1.807, 2.05) is 0 Å².